The number of benzene rings is 2. The van der Waals surface area contributed by atoms with E-state index in [9.17, 15) is 9.59 Å². The first-order valence-electron chi connectivity index (χ1n) is 9.44. The van der Waals surface area contributed by atoms with Gasteiger partial charge in [-0.1, -0.05) is 64.0 Å². The van der Waals surface area contributed by atoms with Gasteiger partial charge >= 0.3 is 6.03 Å². The summed E-state index contributed by atoms with van der Waals surface area (Å²) in [6.45, 7) is 2.59. The second-order valence-electron chi connectivity index (χ2n) is 7.49. The van der Waals surface area contributed by atoms with Gasteiger partial charge in [-0.05, 0) is 43.9 Å². The molecular weight excluding hydrogens is 404 g/mol. The van der Waals surface area contributed by atoms with Crippen LogP contribution in [0.5, 0.6) is 0 Å². The average Bonchev–Trinajstić information content (AvgIpc) is 2.66. The van der Waals surface area contributed by atoms with Crippen LogP contribution in [0.2, 0.25) is 0 Å². The Hall–Kier alpha value is -2.14. The number of amides is 3. The molecule has 2 fully saturated rings. The van der Waals surface area contributed by atoms with Gasteiger partial charge in [0.25, 0.3) is 0 Å². The first-order valence-corrected chi connectivity index (χ1v) is 10.4. The number of hydrogen-bond acceptors (Lipinski definition) is 2. The fourth-order valence-corrected chi connectivity index (χ4v) is 4.95. The van der Waals surface area contributed by atoms with Crippen molar-refractivity contribution in [1.29, 1.82) is 0 Å². The van der Waals surface area contributed by atoms with Crippen molar-refractivity contribution in [1.82, 2.24) is 4.90 Å². The Balaban J connectivity index is 1.71. The molecule has 1 saturated carbocycles. The van der Waals surface area contributed by atoms with Gasteiger partial charge in [0.1, 0.15) is 0 Å². The largest absolute Gasteiger partial charge is 0.331 e. The lowest BCUT2D eigenvalue weighted by Gasteiger charge is -2.47. The molecule has 5 heteroatoms. The van der Waals surface area contributed by atoms with Crippen molar-refractivity contribution in [2.75, 3.05) is 4.90 Å². The molecule has 1 saturated heterocycles. The second-order valence-corrected chi connectivity index (χ2v) is 8.79. The number of fused-ring (bicyclic) bond motifs is 1. The van der Waals surface area contributed by atoms with E-state index in [1.807, 2.05) is 41.3 Å². The topological polar surface area (TPSA) is 40.6 Å². The quantitative estimate of drug-likeness (QED) is 0.654. The minimum Gasteiger partial charge on any atom is -0.316 e. The number of alkyl halides is 1. The number of hydrogen-bond donors (Lipinski definition) is 0. The summed E-state index contributed by atoms with van der Waals surface area (Å²) in [6.07, 6.45) is 2.61. The van der Waals surface area contributed by atoms with Gasteiger partial charge in [0.15, 0.2) is 0 Å². The lowest BCUT2D eigenvalue weighted by molar-refractivity contribution is -0.126. The van der Waals surface area contributed by atoms with Gasteiger partial charge in [-0.15, -0.1) is 0 Å². The van der Waals surface area contributed by atoms with E-state index in [0.29, 0.717) is 17.1 Å². The van der Waals surface area contributed by atoms with E-state index in [4.69, 9.17) is 0 Å². The second kappa shape index (κ2) is 7.47. The molecule has 0 bridgehead atoms. The maximum atomic E-state index is 13.4. The van der Waals surface area contributed by atoms with Crippen LogP contribution in [-0.2, 0) is 11.3 Å². The predicted molar refractivity (Wildman–Crippen MR) is 110 cm³/mol. The molecule has 27 heavy (non-hydrogen) atoms. The monoisotopic (exact) mass is 426 g/mol. The highest BCUT2D eigenvalue weighted by molar-refractivity contribution is 9.09. The first-order chi connectivity index (χ1) is 13.0. The zero-order valence-corrected chi connectivity index (χ0v) is 16.9. The Morgan fingerprint density at radius 1 is 1.04 bits per heavy atom. The Kier molecular flexibility index (Phi) is 5.04. The van der Waals surface area contributed by atoms with Crippen molar-refractivity contribution in [3.8, 4) is 0 Å². The van der Waals surface area contributed by atoms with E-state index in [2.05, 4.69) is 41.1 Å². The number of para-hydroxylation sites is 1. The minimum atomic E-state index is -0.207. The van der Waals surface area contributed by atoms with Crippen LogP contribution < -0.4 is 4.90 Å². The summed E-state index contributed by atoms with van der Waals surface area (Å²) in [4.78, 5) is 30.2. The summed E-state index contributed by atoms with van der Waals surface area (Å²) in [5.74, 6) is -0.230. The highest BCUT2D eigenvalue weighted by Gasteiger charge is 2.48. The van der Waals surface area contributed by atoms with E-state index in [0.717, 1.165) is 24.8 Å². The number of urea groups is 1. The Labute approximate surface area is 168 Å². The van der Waals surface area contributed by atoms with E-state index in [1.165, 1.54) is 10.5 Å². The fourth-order valence-electron chi connectivity index (χ4n) is 4.28. The van der Waals surface area contributed by atoms with Crippen molar-refractivity contribution < 1.29 is 9.59 Å². The third-order valence-electron chi connectivity index (χ3n) is 5.57. The number of imide groups is 1. The standard InChI is InChI=1S/C22H23BrN2O2/c1-15-6-5-7-16(12-15)14-24-20-11-10-17(23)13-19(20)21(26)25(22(24)27)18-8-3-2-4-9-18/h2-9,12,17,19-20H,10-11,13-14H2,1H3. The van der Waals surface area contributed by atoms with Crippen LogP contribution in [0.1, 0.15) is 30.4 Å². The molecular formula is C22H23BrN2O2. The highest BCUT2D eigenvalue weighted by Crippen LogP contribution is 2.39. The number of carbonyl (C=O) groups is 2. The molecule has 140 valence electrons. The zero-order chi connectivity index (χ0) is 19.0. The van der Waals surface area contributed by atoms with Crippen molar-refractivity contribution in [2.45, 2.75) is 43.6 Å². The molecule has 1 heterocycles. The summed E-state index contributed by atoms with van der Waals surface area (Å²) in [7, 11) is 0. The molecule has 3 unspecified atom stereocenters. The predicted octanol–water partition coefficient (Wildman–Crippen LogP) is 4.90. The molecule has 1 aliphatic carbocycles. The van der Waals surface area contributed by atoms with Gasteiger partial charge < -0.3 is 4.90 Å². The molecule has 3 amide bonds. The summed E-state index contributed by atoms with van der Waals surface area (Å²) in [6, 6.07) is 17.3. The SMILES string of the molecule is Cc1cccc(CN2C(=O)N(c3ccccc3)C(=O)C3CC(Br)CCC32)c1. The number of carbonyl (C=O) groups excluding carboxylic acids is 2. The van der Waals surface area contributed by atoms with Crippen LogP contribution in [0.4, 0.5) is 10.5 Å². The highest BCUT2D eigenvalue weighted by atomic mass is 79.9. The van der Waals surface area contributed by atoms with Gasteiger partial charge in [0.2, 0.25) is 5.91 Å². The summed E-state index contributed by atoms with van der Waals surface area (Å²) < 4.78 is 0. The lowest BCUT2D eigenvalue weighted by Crippen LogP contribution is -2.63. The molecule has 2 aliphatic rings. The first kappa shape index (κ1) is 18.2. The molecule has 1 aliphatic heterocycles. The van der Waals surface area contributed by atoms with Crippen LogP contribution in [0, 0.1) is 12.8 Å². The van der Waals surface area contributed by atoms with Crippen LogP contribution in [-0.4, -0.2) is 27.7 Å². The number of halogens is 1. The third-order valence-corrected chi connectivity index (χ3v) is 6.41. The lowest BCUT2D eigenvalue weighted by atomic mass is 9.80. The molecule has 3 atom stereocenters. The Morgan fingerprint density at radius 3 is 2.56 bits per heavy atom. The van der Waals surface area contributed by atoms with Crippen LogP contribution in [0.25, 0.3) is 0 Å². The summed E-state index contributed by atoms with van der Waals surface area (Å²) in [5, 5.41) is 0. The number of nitrogens with zero attached hydrogens (tertiary/aromatic N) is 2. The average molecular weight is 427 g/mol. The maximum Gasteiger partial charge on any atom is 0.331 e. The molecule has 2 aromatic carbocycles. The molecule has 0 spiro atoms. The number of aryl methyl sites for hydroxylation is 1. The molecule has 0 radical (unpaired) electrons. The van der Waals surface area contributed by atoms with Gasteiger partial charge in [0, 0.05) is 17.4 Å². The van der Waals surface area contributed by atoms with Crippen molar-refractivity contribution >= 4 is 33.6 Å². The van der Waals surface area contributed by atoms with Crippen molar-refractivity contribution in [3.63, 3.8) is 0 Å². The summed E-state index contributed by atoms with van der Waals surface area (Å²) in [5.41, 5.74) is 2.93. The molecule has 0 N–H and O–H groups in total. The van der Waals surface area contributed by atoms with E-state index in [1.54, 1.807) is 0 Å². The Morgan fingerprint density at radius 2 is 1.81 bits per heavy atom. The van der Waals surface area contributed by atoms with Gasteiger partial charge in [-0.25, -0.2) is 9.69 Å². The van der Waals surface area contributed by atoms with Gasteiger partial charge in [0.05, 0.1) is 11.6 Å². The minimum absolute atomic E-state index is 0.0284. The van der Waals surface area contributed by atoms with E-state index in [-0.39, 0.29) is 23.9 Å². The smallest absolute Gasteiger partial charge is 0.316 e. The van der Waals surface area contributed by atoms with Crippen LogP contribution in [0.3, 0.4) is 0 Å². The molecule has 4 rings (SSSR count). The summed E-state index contributed by atoms with van der Waals surface area (Å²) >= 11 is 3.69. The number of rotatable bonds is 3. The third kappa shape index (κ3) is 3.53. The molecule has 2 aromatic rings. The van der Waals surface area contributed by atoms with Crippen molar-refractivity contribution in [2.24, 2.45) is 5.92 Å². The van der Waals surface area contributed by atoms with Crippen LogP contribution in [0.15, 0.2) is 54.6 Å². The van der Waals surface area contributed by atoms with E-state index >= 15 is 0 Å². The van der Waals surface area contributed by atoms with Crippen LogP contribution >= 0.6 is 15.9 Å². The number of anilines is 1. The maximum absolute atomic E-state index is 13.4. The van der Waals surface area contributed by atoms with Gasteiger partial charge in [-0.3, -0.25) is 4.79 Å². The normalized spacial score (nSPS) is 25.5. The van der Waals surface area contributed by atoms with Crippen molar-refractivity contribution in [3.05, 3.63) is 65.7 Å². The Bertz CT molecular complexity index is 854. The van der Waals surface area contributed by atoms with E-state index < -0.39 is 0 Å². The fraction of sp³-hybridized carbons (Fsp3) is 0.364. The molecule has 4 nitrogen and oxygen atoms in total. The van der Waals surface area contributed by atoms with Gasteiger partial charge in [-0.2, -0.15) is 0 Å². The molecule has 0 aromatic heterocycles. The zero-order valence-electron chi connectivity index (χ0n) is 15.3.